The van der Waals surface area contributed by atoms with Crippen molar-refractivity contribution >= 4 is 17.6 Å². The maximum absolute atomic E-state index is 14.5. The molecule has 12 heteroatoms. The second-order valence-corrected chi connectivity index (χ2v) is 10.4. The van der Waals surface area contributed by atoms with Gasteiger partial charge in [0.25, 0.3) is 5.92 Å². The Morgan fingerprint density at radius 2 is 1.82 bits per heavy atom. The molecule has 3 atom stereocenters. The molecule has 2 fully saturated rings. The summed E-state index contributed by atoms with van der Waals surface area (Å²) < 4.78 is 40.9. The summed E-state index contributed by atoms with van der Waals surface area (Å²) in [6.45, 7) is 2.62. The van der Waals surface area contributed by atoms with Gasteiger partial charge in [-0.15, -0.1) is 5.10 Å². The minimum Gasteiger partial charge on any atom is -0.342 e. The number of carbonyl (C=O) groups is 2. The number of hydrogen-bond donors (Lipinski definition) is 1. The van der Waals surface area contributed by atoms with E-state index in [1.807, 2.05) is 42.5 Å². The monoisotopic (exact) mass is 541 g/mol. The number of nitrogens with zero attached hydrogens (tertiary/aromatic N) is 6. The summed E-state index contributed by atoms with van der Waals surface area (Å²) in [5.74, 6) is -3.28. The van der Waals surface area contributed by atoms with Crippen LogP contribution in [0, 0.1) is 0 Å². The van der Waals surface area contributed by atoms with Gasteiger partial charge < -0.3 is 15.1 Å². The van der Waals surface area contributed by atoms with Crippen molar-refractivity contribution in [1.82, 2.24) is 30.2 Å². The summed E-state index contributed by atoms with van der Waals surface area (Å²) in [5.41, 5.74) is 2.48. The molecule has 4 heterocycles. The first kappa shape index (κ1) is 26.6. The largest absolute Gasteiger partial charge is 0.342 e. The normalized spacial score (nSPS) is 21.1. The lowest BCUT2D eigenvalue weighted by atomic mass is 10.00. The molecular formula is C27H30F3N7O2. The summed E-state index contributed by atoms with van der Waals surface area (Å²) in [4.78, 5) is 34.8. The van der Waals surface area contributed by atoms with Crippen LogP contribution in [0.4, 0.5) is 19.0 Å². The number of benzene rings is 1. The van der Waals surface area contributed by atoms with E-state index in [4.69, 9.17) is 0 Å². The average molecular weight is 542 g/mol. The third-order valence-electron chi connectivity index (χ3n) is 7.03. The van der Waals surface area contributed by atoms with Crippen LogP contribution in [0.1, 0.15) is 49.0 Å². The van der Waals surface area contributed by atoms with Crippen LogP contribution in [-0.4, -0.2) is 74.5 Å². The van der Waals surface area contributed by atoms with Crippen LogP contribution >= 0.6 is 0 Å². The number of rotatable bonds is 8. The number of alkyl halides is 3. The van der Waals surface area contributed by atoms with Crippen LogP contribution in [0.15, 0.2) is 54.9 Å². The average Bonchev–Trinajstić information content (AvgIpc) is 3.53. The molecule has 2 aliphatic heterocycles. The standard InChI is InChI=1S/C27H30F3N7O2/c1-17(2)19-8-9-21(31-11-19)25(18-6-4-3-5-7-18)33-26(39)22-10-20(28)13-36(22)24(38)14-37-32-12-23(34-37)35-15-27(29,30)16-35/h3-9,11-12,17,20,22,25H,10,13-16H2,1-2H3,(H,33,39). The van der Waals surface area contributed by atoms with Crippen molar-refractivity contribution in [2.45, 2.75) is 56.9 Å². The highest BCUT2D eigenvalue weighted by Crippen LogP contribution is 2.30. The Labute approximate surface area is 224 Å². The molecule has 0 saturated carbocycles. The molecule has 3 aromatic rings. The van der Waals surface area contributed by atoms with Crippen molar-refractivity contribution in [2.75, 3.05) is 24.5 Å². The molecule has 0 bridgehead atoms. The van der Waals surface area contributed by atoms with E-state index < -0.39 is 49.1 Å². The Morgan fingerprint density at radius 3 is 2.46 bits per heavy atom. The number of pyridine rings is 1. The Hall–Kier alpha value is -3.96. The highest BCUT2D eigenvalue weighted by atomic mass is 19.3. The van der Waals surface area contributed by atoms with Gasteiger partial charge in [-0.3, -0.25) is 14.6 Å². The molecule has 3 unspecified atom stereocenters. The van der Waals surface area contributed by atoms with Crippen molar-refractivity contribution < 1.29 is 22.8 Å². The minimum atomic E-state index is -2.77. The first-order valence-corrected chi connectivity index (χ1v) is 12.9. The van der Waals surface area contributed by atoms with Crippen LogP contribution in [0.25, 0.3) is 0 Å². The number of hydrogen-bond acceptors (Lipinski definition) is 6. The lowest BCUT2D eigenvalue weighted by Gasteiger charge is -2.38. The Balaban J connectivity index is 1.30. The number of amides is 2. The zero-order valence-electron chi connectivity index (χ0n) is 21.7. The molecule has 2 amide bonds. The molecule has 39 heavy (non-hydrogen) atoms. The molecule has 0 spiro atoms. The van der Waals surface area contributed by atoms with Gasteiger partial charge in [-0.05, 0) is 23.1 Å². The van der Waals surface area contributed by atoms with Crippen molar-refractivity contribution in [3.05, 3.63) is 71.7 Å². The highest BCUT2D eigenvalue weighted by Gasteiger charge is 2.45. The van der Waals surface area contributed by atoms with E-state index >= 15 is 0 Å². The van der Waals surface area contributed by atoms with Crippen molar-refractivity contribution in [2.24, 2.45) is 0 Å². The van der Waals surface area contributed by atoms with Crippen LogP contribution in [-0.2, 0) is 16.1 Å². The second-order valence-electron chi connectivity index (χ2n) is 10.4. The molecule has 0 aliphatic carbocycles. The molecule has 1 aromatic carbocycles. The maximum atomic E-state index is 14.5. The van der Waals surface area contributed by atoms with Crippen molar-refractivity contribution in [3.63, 3.8) is 0 Å². The van der Waals surface area contributed by atoms with E-state index in [1.165, 1.54) is 16.0 Å². The molecule has 206 valence electrons. The number of likely N-dealkylation sites (tertiary alicyclic amines) is 1. The molecule has 0 radical (unpaired) electrons. The first-order chi connectivity index (χ1) is 18.6. The molecular weight excluding hydrogens is 511 g/mol. The third-order valence-corrected chi connectivity index (χ3v) is 7.03. The smallest absolute Gasteiger partial charge is 0.282 e. The minimum absolute atomic E-state index is 0.139. The van der Waals surface area contributed by atoms with E-state index in [2.05, 4.69) is 34.3 Å². The van der Waals surface area contributed by atoms with Crippen LogP contribution in [0.2, 0.25) is 0 Å². The topological polar surface area (TPSA) is 96.2 Å². The molecule has 2 aliphatic rings. The summed E-state index contributed by atoms with van der Waals surface area (Å²) in [6.07, 6.45) is 1.57. The SMILES string of the molecule is CC(C)c1ccc(C(NC(=O)C2CC(F)CN2C(=O)Cn2ncc(N3CC(F)(F)C3)n2)c2ccccc2)nc1. The van der Waals surface area contributed by atoms with E-state index in [-0.39, 0.29) is 25.3 Å². The predicted molar refractivity (Wildman–Crippen MR) is 137 cm³/mol. The Kier molecular flexibility index (Phi) is 7.28. The lowest BCUT2D eigenvalue weighted by molar-refractivity contribution is -0.139. The second kappa shape index (κ2) is 10.7. The predicted octanol–water partition coefficient (Wildman–Crippen LogP) is 3.10. The van der Waals surface area contributed by atoms with Gasteiger partial charge in [0.05, 0.1) is 37.6 Å². The molecule has 9 nitrogen and oxygen atoms in total. The number of halogens is 3. The fraction of sp³-hybridized carbons (Fsp3) is 0.444. The van der Waals surface area contributed by atoms with Gasteiger partial charge >= 0.3 is 0 Å². The quantitative estimate of drug-likeness (QED) is 0.471. The molecule has 1 N–H and O–H groups in total. The number of aromatic nitrogens is 4. The van der Waals surface area contributed by atoms with Gasteiger partial charge in [0.2, 0.25) is 11.8 Å². The van der Waals surface area contributed by atoms with Crippen LogP contribution in [0.3, 0.4) is 0 Å². The van der Waals surface area contributed by atoms with E-state index in [9.17, 15) is 22.8 Å². The highest BCUT2D eigenvalue weighted by molar-refractivity contribution is 5.88. The number of carbonyl (C=O) groups excluding carboxylic acids is 2. The zero-order valence-corrected chi connectivity index (χ0v) is 21.7. The molecule has 2 aromatic heterocycles. The summed E-state index contributed by atoms with van der Waals surface area (Å²) >= 11 is 0. The summed E-state index contributed by atoms with van der Waals surface area (Å²) in [7, 11) is 0. The maximum Gasteiger partial charge on any atom is 0.282 e. The van der Waals surface area contributed by atoms with E-state index in [0.717, 1.165) is 15.9 Å². The van der Waals surface area contributed by atoms with Gasteiger partial charge in [-0.1, -0.05) is 50.2 Å². The number of anilines is 1. The first-order valence-electron chi connectivity index (χ1n) is 12.9. The third kappa shape index (κ3) is 5.89. The van der Waals surface area contributed by atoms with E-state index in [1.54, 1.807) is 6.20 Å². The van der Waals surface area contributed by atoms with E-state index in [0.29, 0.717) is 11.6 Å². The van der Waals surface area contributed by atoms with Crippen LogP contribution < -0.4 is 10.2 Å². The van der Waals surface area contributed by atoms with Crippen LogP contribution in [0.5, 0.6) is 0 Å². The molecule has 5 rings (SSSR count). The van der Waals surface area contributed by atoms with Gasteiger partial charge in [0.15, 0.2) is 5.82 Å². The summed E-state index contributed by atoms with van der Waals surface area (Å²) in [5, 5.41) is 11.1. The van der Waals surface area contributed by atoms with Gasteiger partial charge in [-0.25, -0.2) is 13.2 Å². The fourth-order valence-electron chi connectivity index (χ4n) is 4.85. The van der Waals surface area contributed by atoms with Crippen molar-refractivity contribution in [1.29, 1.82) is 0 Å². The summed E-state index contributed by atoms with van der Waals surface area (Å²) in [6, 6.07) is 11.5. The number of nitrogens with one attached hydrogen (secondary N) is 1. The van der Waals surface area contributed by atoms with Crippen molar-refractivity contribution in [3.8, 4) is 0 Å². The van der Waals surface area contributed by atoms with Gasteiger partial charge in [-0.2, -0.15) is 9.90 Å². The Morgan fingerprint density at radius 1 is 1.08 bits per heavy atom. The fourth-order valence-corrected chi connectivity index (χ4v) is 4.85. The van der Waals surface area contributed by atoms with Gasteiger partial charge in [0.1, 0.15) is 18.8 Å². The zero-order chi connectivity index (χ0) is 27.7. The Bertz CT molecular complexity index is 1310. The van der Waals surface area contributed by atoms with Gasteiger partial charge in [0, 0.05) is 12.6 Å². The molecule has 2 saturated heterocycles. The lowest BCUT2D eigenvalue weighted by Crippen LogP contribution is -2.56.